The zero-order valence-electron chi connectivity index (χ0n) is 12.1. The van der Waals surface area contributed by atoms with Crippen LogP contribution in [0.2, 0.25) is 0 Å². The molecule has 0 saturated heterocycles. The Morgan fingerprint density at radius 2 is 2.10 bits per heavy atom. The van der Waals surface area contributed by atoms with E-state index in [1.165, 1.54) is 12.1 Å². The maximum atomic E-state index is 13.7. The van der Waals surface area contributed by atoms with Gasteiger partial charge < -0.3 is 10.4 Å². The van der Waals surface area contributed by atoms with Crippen LogP contribution in [0, 0.1) is 23.5 Å². The lowest BCUT2D eigenvalue weighted by molar-refractivity contribution is -0.144. The zero-order chi connectivity index (χ0) is 15.4. The highest BCUT2D eigenvalue weighted by atomic mass is 19.1. The second-order valence-electron chi connectivity index (χ2n) is 5.79. The highest BCUT2D eigenvalue weighted by Gasteiger charge is 2.30. The Balaban J connectivity index is 1.96. The number of carboxylic acid groups (broad SMARTS) is 1. The number of halogens is 2. The van der Waals surface area contributed by atoms with Gasteiger partial charge in [0.15, 0.2) is 0 Å². The molecule has 3 nitrogen and oxygen atoms in total. The van der Waals surface area contributed by atoms with Gasteiger partial charge >= 0.3 is 5.97 Å². The van der Waals surface area contributed by atoms with E-state index in [1.807, 2.05) is 0 Å². The number of benzene rings is 1. The van der Waals surface area contributed by atoms with E-state index in [9.17, 15) is 18.7 Å². The molecule has 1 aromatic carbocycles. The Labute approximate surface area is 123 Å². The van der Waals surface area contributed by atoms with Crippen LogP contribution in [0.15, 0.2) is 18.2 Å². The number of hydrogen-bond acceptors (Lipinski definition) is 2. The summed E-state index contributed by atoms with van der Waals surface area (Å²) in [6.07, 6.45) is 3.58. The van der Waals surface area contributed by atoms with Crippen LogP contribution in [0.4, 0.5) is 8.78 Å². The summed E-state index contributed by atoms with van der Waals surface area (Å²) in [6.45, 7) is 2.34. The van der Waals surface area contributed by atoms with E-state index in [1.54, 1.807) is 6.92 Å². The van der Waals surface area contributed by atoms with Gasteiger partial charge in [-0.1, -0.05) is 18.9 Å². The van der Waals surface area contributed by atoms with Crippen molar-refractivity contribution < 1.29 is 18.7 Å². The second kappa shape index (κ2) is 6.98. The smallest absolute Gasteiger partial charge is 0.306 e. The standard InChI is InChI=1S/C16H21F2NO2/c1-10(13-7-6-12(17)8-15(13)18)19-9-11-4-2-3-5-14(11)16(20)21/h6-8,10-11,14,19H,2-5,9H2,1H3,(H,20,21). The Kier molecular flexibility index (Phi) is 5.28. The summed E-state index contributed by atoms with van der Waals surface area (Å²) >= 11 is 0. The van der Waals surface area contributed by atoms with Crippen molar-refractivity contribution in [2.24, 2.45) is 11.8 Å². The van der Waals surface area contributed by atoms with Crippen LogP contribution >= 0.6 is 0 Å². The highest BCUT2D eigenvalue weighted by molar-refractivity contribution is 5.70. The van der Waals surface area contributed by atoms with Crippen molar-refractivity contribution in [1.82, 2.24) is 5.32 Å². The molecule has 0 heterocycles. The summed E-state index contributed by atoms with van der Waals surface area (Å²) < 4.78 is 26.6. The van der Waals surface area contributed by atoms with Crippen molar-refractivity contribution in [2.75, 3.05) is 6.54 Å². The maximum absolute atomic E-state index is 13.7. The molecule has 0 amide bonds. The number of rotatable bonds is 5. The maximum Gasteiger partial charge on any atom is 0.306 e. The van der Waals surface area contributed by atoms with E-state index in [4.69, 9.17) is 0 Å². The van der Waals surface area contributed by atoms with Gasteiger partial charge in [-0.05, 0) is 38.3 Å². The predicted molar refractivity (Wildman–Crippen MR) is 75.9 cm³/mol. The quantitative estimate of drug-likeness (QED) is 0.874. The number of carboxylic acids is 1. The van der Waals surface area contributed by atoms with E-state index in [0.29, 0.717) is 18.5 Å². The van der Waals surface area contributed by atoms with Gasteiger partial charge in [0.1, 0.15) is 11.6 Å². The molecule has 1 aliphatic rings. The van der Waals surface area contributed by atoms with Gasteiger partial charge in [-0.15, -0.1) is 0 Å². The first-order valence-electron chi connectivity index (χ1n) is 7.40. The molecule has 21 heavy (non-hydrogen) atoms. The van der Waals surface area contributed by atoms with Crippen molar-refractivity contribution in [3.63, 3.8) is 0 Å². The molecule has 5 heteroatoms. The van der Waals surface area contributed by atoms with Crippen molar-refractivity contribution in [3.8, 4) is 0 Å². The number of nitrogens with one attached hydrogen (secondary N) is 1. The van der Waals surface area contributed by atoms with Gasteiger partial charge in [-0.3, -0.25) is 4.79 Å². The van der Waals surface area contributed by atoms with Gasteiger partial charge in [0, 0.05) is 17.7 Å². The third kappa shape index (κ3) is 4.00. The molecular formula is C16H21F2NO2. The molecule has 1 aromatic rings. The SMILES string of the molecule is CC(NCC1CCCCC1C(=O)O)c1ccc(F)cc1F. The molecule has 3 unspecified atom stereocenters. The highest BCUT2D eigenvalue weighted by Crippen LogP contribution is 2.30. The van der Waals surface area contributed by atoms with Gasteiger partial charge in [0.05, 0.1) is 5.92 Å². The lowest BCUT2D eigenvalue weighted by Gasteiger charge is -2.30. The Morgan fingerprint density at radius 1 is 1.38 bits per heavy atom. The van der Waals surface area contributed by atoms with Gasteiger partial charge in [0.2, 0.25) is 0 Å². The van der Waals surface area contributed by atoms with Crippen LogP contribution in [0.25, 0.3) is 0 Å². The minimum Gasteiger partial charge on any atom is -0.481 e. The minimum atomic E-state index is -0.748. The van der Waals surface area contributed by atoms with E-state index in [0.717, 1.165) is 25.3 Å². The Bertz CT molecular complexity index is 507. The lowest BCUT2D eigenvalue weighted by atomic mass is 9.79. The fourth-order valence-corrected chi connectivity index (χ4v) is 3.07. The lowest BCUT2D eigenvalue weighted by Crippen LogP contribution is -2.35. The summed E-state index contributed by atoms with van der Waals surface area (Å²) in [7, 11) is 0. The molecule has 3 atom stereocenters. The van der Waals surface area contributed by atoms with Crippen molar-refractivity contribution >= 4 is 5.97 Å². The Morgan fingerprint density at radius 3 is 2.76 bits per heavy atom. The largest absolute Gasteiger partial charge is 0.481 e. The van der Waals surface area contributed by atoms with E-state index in [-0.39, 0.29) is 17.9 Å². The number of aliphatic carboxylic acids is 1. The molecular weight excluding hydrogens is 276 g/mol. The summed E-state index contributed by atoms with van der Waals surface area (Å²) in [5.74, 6) is -2.17. The van der Waals surface area contributed by atoms with Crippen LogP contribution in [0.3, 0.4) is 0 Å². The molecule has 2 N–H and O–H groups in total. The van der Waals surface area contributed by atoms with Crippen LogP contribution in [0.1, 0.15) is 44.2 Å². The topological polar surface area (TPSA) is 49.3 Å². The molecule has 0 aromatic heterocycles. The van der Waals surface area contributed by atoms with Crippen LogP contribution in [0.5, 0.6) is 0 Å². The van der Waals surface area contributed by atoms with Gasteiger partial charge in [0.25, 0.3) is 0 Å². The van der Waals surface area contributed by atoms with Crippen LogP contribution in [-0.2, 0) is 4.79 Å². The summed E-state index contributed by atoms with van der Waals surface area (Å²) in [5, 5.41) is 12.4. The molecule has 1 aliphatic carbocycles. The fraction of sp³-hybridized carbons (Fsp3) is 0.562. The third-order valence-electron chi connectivity index (χ3n) is 4.34. The average molecular weight is 297 g/mol. The first kappa shape index (κ1) is 15.9. The molecule has 0 spiro atoms. The van der Waals surface area contributed by atoms with Crippen LogP contribution in [-0.4, -0.2) is 17.6 Å². The average Bonchev–Trinajstić information content (AvgIpc) is 2.45. The number of carbonyl (C=O) groups is 1. The molecule has 0 bridgehead atoms. The monoisotopic (exact) mass is 297 g/mol. The molecule has 0 radical (unpaired) electrons. The predicted octanol–water partition coefficient (Wildman–Crippen LogP) is 3.51. The normalized spacial score (nSPS) is 23.8. The van der Waals surface area contributed by atoms with E-state index in [2.05, 4.69) is 5.32 Å². The van der Waals surface area contributed by atoms with Crippen molar-refractivity contribution in [2.45, 2.75) is 38.6 Å². The Hall–Kier alpha value is -1.49. The van der Waals surface area contributed by atoms with Gasteiger partial charge in [-0.25, -0.2) is 8.78 Å². The van der Waals surface area contributed by atoms with Crippen molar-refractivity contribution in [1.29, 1.82) is 0 Å². The molecule has 1 saturated carbocycles. The molecule has 1 fully saturated rings. The zero-order valence-corrected chi connectivity index (χ0v) is 12.1. The van der Waals surface area contributed by atoms with E-state index >= 15 is 0 Å². The fourth-order valence-electron chi connectivity index (χ4n) is 3.07. The second-order valence-corrected chi connectivity index (χ2v) is 5.79. The third-order valence-corrected chi connectivity index (χ3v) is 4.34. The van der Waals surface area contributed by atoms with Gasteiger partial charge in [-0.2, -0.15) is 0 Å². The van der Waals surface area contributed by atoms with E-state index < -0.39 is 17.6 Å². The minimum absolute atomic E-state index is 0.0715. The first-order chi connectivity index (χ1) is 9.99. The summed E-state index contributed by atoms with van der Waals surface area (Å²) in [5.41, 5.74) is 0.402. The first-order valence-corrected chi connectivity index (χ1v) is 7.40. The molecule has 0 aliphatic heterocycles. The van der Waals surface area contributed by atoms with Crippen LogP contribution < -0.4 is 5.32 Å². The number of hydrogen-bond donors (Lipinski definition) is 2. The summed E-state index contributed by atoms with van der Waals surface area (Å²) in [6, 6.07) is 3.26. The van der Waals surface area contributed by atoms with Crippen molar-refractivity contribution in [3.05, 3.63) is 35.4 Å². The molecule has 116 valence electrons. The molecule has 2 rings (SSSR count). The summed E-state index contributed by atoms with van der Waals surface area (Å²) in [4.78, 5) is 11.2.